The molecule has 6 heteroatoms. The summed E-state index contributed by atoms with van der Waals surface area (Å²) < 4.78 is 27.4. The number of rotatable bonds is 5. The summed E-state index contributed by atoms with van der Waals surface area (Å²) in [6.07, 6.45) is 1.79. The molecule has 3 nitrogen and oxygen atoms in total. The summed E-state index contributed by atoms with van der Waals surface area (Å²) in [7, 11) is -3.59. The second-order valence-corrected chi connectivity index (χ2v) is 8.05. The van der Waals surface area contributed by atoms with Crippen LogP contribution in [0.3, 0.4) is 0 Å². The lowest BCUT2D eigenvalue weighted by Gasteiger charge is -2.22. The lowest BCUT2D eigenvalue weighted by molar-refractivity contribution is 0.398. The quantitative estimate of drug-likeness (QED) is 0.799. The Morgan fingerprint density at radius 3 is 2.27 bits per heavy atom. The number of nitrogens with zero attached hydrogens (tertiary/aromatic N) is 1. The Hall–Kier alpha value is -1.07. The molecule has 0 aromatic heterocycles. The molecule has 0 N–H and O–H groups in total. The van der Waals surface area contributed by atoms with E-state index in [0.717, 1.165) is 18.4 Å². The number of hydrogen-bond acceptors (Lipinski definition) is 2. The summed E-state index contributed by atoms with van der Waals surface area (Å²) >= 11 is 11.8. The molecule has 22 heavy (non-hydrogen) atoms. The van der Waals surface area contributed by atoms with Crippen LogP contribution in [0, 0.1) is 0 Å². The first-order valence-corrected chi connectivity index (χ1v) is 9.19. The van der Waals surface area contributed by atoms with Crippen molar-refractivity contribution in [2.45, 2.75) is 30.3 Å². The fourth-order valence-electron chi connectivity index (χ4n) is 2.31. The average Bonchev–Trinajstić information content (AvgIpc) is 3.33. The molecule has 3 rings (SSSR count). The van der Waals surface area contributed by atoms with Gasteiger partial charge in [0.2, 0.25) is 10.0 Å². The van der Waals surface area contributed by atoms with E-state index in [-0.39, 0.29) is 16.0 Å². The molecular formula is C16H15Cl2NO2S. The predicted molar refractivity (Wildman–Crippen MR) is 88.7 cm³/mol. The topological polar surface area (TPSA) is 37.4 Å². The number of benzene rings is 2. The molecular weight excluding hydrogens is 341 g/mol. The van der Waals surface area contributed by atoms with Crippen molar-refractivity contribution in [1.29, 1.82) is 0 Å². The van der Waals surface area contributed by atoms with Crippen LogP contribution in [0.2, 0.25) is 10.0 Å². The monoisotopic (exact) mass is 355 g/mol. The van der Waals surface area contributed by atoms with Gasteiger partial charge >= 0.3 is 0 Å². The zero-order valence-corrected chi connectivity index (χ0v) is 14.1. The maximum Gasteiger partial charge on any atom is 0.243 e. The van der Waals surface area contributed by atoms with Crippen LogP contribution < -0.4 is 0 Å². The number of halogens is 2. The second-order valence-electron chi connectivity index (χ2n) is 5.34. The van der Waals surface area contributed by atoms with Crippen LogP contribution in [0.5, 0.6) is 0 Å². The molecule has 116 valence electrons. The van der Waals surface area contributed by atoms with Crippen LogP contribution in [-0.4, -0.2) is 18.8 Å². The van der Waals surface area contributed by atoms with Crippen molar-refractivity contribution in [3.05, 3.63) is 64.1 Å². The summed E-state index contributed by atoms with van der Waals surface area (Å²) in [6, 6.07) is 14.1. The van der Waals surface area contributed by atoms with Crippen molar-refractivity contribution in [2.24, 2.45) is 0 Å². The SMILES string of the molecule is O=S(=O)(c1ccc(Cl)c(Cl)c1)N(Cc1ccccc1)C1CC1. The van der Waals surface area contributed by atoms with Crippen LogP contribution >= 0.6 is 23.2 Å². The van der Waals surface area contributed by atoms with Gasteiger partial charge < -0.3 is 0 Å². The third-order valence-corrected chi connectivity index (χ3v) is 6.27. The van der Waals surface area contributed by atoms with Crippen molar-refractivity contribution in [2.75, 3.05) is 0 Å². The fourth-order valence-corrected chi connectivity index (χ4v) is 4.37. The van der Waals surface area contributed by atoms with E-state index in [1.54, 1.807) is 4.31 Å². The van der Waals surface area contributed by atoms with Gasteiger partial charge in [-0.1, -0.05) is 53.5 Å². The molecule has 1 fully saturated rings. The standard InChI is InChI=1S/C16H15Cl2NO2S/c17-15-9-8-14(10-16(15)18)22(20,21)19(13-6-7-13)11-12-4-2-1-3-5-12/h1-5,8-10,13H,6-7,11H2. The van der Waals surface area contributed by atoms with Crippen molar-refractivity contribution >= 4 is 33.2 Å². The van der Waals surface area contributed by atoms with Gasteiger partial charge in [0.05, 0.1) is 14.9 Å². The maximum absolute atomic E-state index is 12.9. The van der Waals surface area contributed by atoms with Gasteiger partial charge in [-0.2, -0.15) is 4.31 Å². The van der Waals surface area contributed by atoms with Crippen LogP contribution in [-0.2, 0) is 16.6 Å². The molecule has 2 aromatic rings. The van der Waals surface area contributed by atoms with Gasteiger partial charge in [0.25, 0.3) is 0 Å². The van der Waals surface area contributed by atoms with Crippen molar-refractivity contribution in [3.8, 4) is 0 Å². The maximum atomic E-state index is 12.9. The van der Waals surface area contributed by atoms with Crippen molar-refractivity contribution in [1.82, 2.24) is 4.31 Å². The molecule has 0 bridgehead atoms. The largest absolute Gasteiger partial charge is 0.243 e. The Bertz CT molecular complexity index is 774. The van der Waals surface area contributed by atoms with E-state index in [9.17, 15) is 8.42 Å². The van der Waals surface area contributed by atoms with Gasteiger partial charge in [-0.05, 0) is 36.6 Å². The zero-order chi connectivity index (χ0) is 15.7. The van der Waals surface area contributed by atoms with Gasteiger partial charge in [-0.3, -0.25) is 0 Å². The Morgan fingerprint density at radius 1 is 1.00 bits per heavy atom. The lowest BCUT2D eigenvalue weighted by Crippen LogP contribution is -2.32. The first-order chi connectivity index (χ1) is 10.5. The minimum absolute atomic E-state index is 0.0691. The molecule has 1 aliphatic carbocycles. The third-order valence-electron chi connectivity index (χ3n) is 3.63. The second kappa shape index (κ2) is 6.20. The summed E-state index contributed by atoms with van der Waals surface area (Å²) in [5.74, 6) is 0. The molecule has 0 aliphatic heterocycles. The van der Waals surface area contributed by atoms with Crippen molar-refractivity contribution < 1.29 is 8.42 Å². The van der Waals surface area contributed by atoms with E-state index in [1.165, 1.54) is 18.2 Å². The van der Waals surface area contributed by atoms with Gasteiger partial charge in [-0.25, -0.2) is 8.42 Å². The first kappa shape index (κ1) is 15.8. The Kier molecular flexibility index (Phi) is 4.46. The van der Waals surface area contributed by atoms with Crippen LogP contribution in [0.25, 0.3) is 0 Å². The van der Waals surface area contributed by atoms with E-state index in [2.05, 4.69) is 0 Å². The van der Waals surface area contributed by atoms with E-state index in [0.29, 0.717) is 11.6 Å². The molecule has 1 saturated carbocycles. The molecule has 0 unspecified atom stereocenters. The highest BCUT2D eigenvalue weighted by atomic mass is 35.5. The van der Waals surface area contributed by atoms with E-state index in [4.69, 9.17) is 23.2 Å². The minimum atomic E-state index is -3.59. The number of sulfonamides is 1. The van der Waals surface area contributed by atoms with Gasteiger partial charge in [0, 0.05) is 12.6 Å². The molecule has 0 radical (unpaired) electrons. The van der Waals surface area contributed by atoms with E-state index in [1.807, 2.05) is 30.3 Å². The molecule has 2 aromatic carbocycles. The summed E-state index contributed by atoms with van der Waals surface area (Å²) in [5, 5.41) is 0.597. The highest BCUT2D eigenvalue weighted by Crippen LogP contribution is 2.35. The Labute approximate surface area is 140 Å². The summed E-state index contributed by atoms with van der Waals surface area (Å²) in [6.45, 7) is 0.369. The van der Waals surface area contributed by atoms with Crippen molar-refractivity contribution in [3.63, 3.8) is 0 Å². The van der Waals surface area contributed by atoms with Crippen LogP contribution in [0.1, 0.15) is 18.4 Å². The third kappa shape index (κ3) is 3.30. The lowest BCUT2D eigenvalue weighted by atomic mass is 10.2. The molecule has 0 heterocycles. The highest BCUT2D eigenvalue weighted by Gasteiger charge is 2.38. The molecule has 0 spiro atoms. The van der Waals surface area contributed by atoms with E-state index >= 15 is 0 Å². The van der Waals surface area contributed by atoms with Gasteiger partial charge in [0.15, 0.2) is 0 Å². The van der Waals surface area contributed by atoms with Gasteiger partial charge in [-0.15, -0.1) is 0 Å². The van der Waals surface area contributed by atoms with Crippen LogP contribution in [0.4, 0.5) is 0 Å². The van der Waals surface area contributed by atoms with Gasteiger partial charge in [0.1, 0.15) is 0 Å². The Morgan fingerprint density at radius 2 is 1.68 bits per heavy atom. The fraction of sp³-hybridized carbons (Fsp3) is 0.250. The summed E-state index contributed by atoms with van der Waals surface area (Å²) in [5.41, 5.74) is 0.970. The number of hydrogen-bond donors (Lipinski definition) is 0. The predicted octanol–water partition coefficient (Wildman–Crippen LogP) is 4.35. The highest BCUT2D eigenvalue weighted by molar-refractivity contribution is 7.89. The zero-order valence-electron chi connectivity index (χ0n) is 11.7. The first-order valence-electron chi connectivity index (χ1n) is 6.99. The molecule has 0 saturated heterocycles. The Balaban J connectivity index is 1.94. The minimum Gasteiger partial charge on any atom is -0.207 e. The summed E-state index contributed by atoms with van der Waals surface area (Å²) in [4.78, 5) is 0.185. The molecule has 0 amide bonds. The average molecular weight is 356 g/mol. The smallest absolute Gasteiger partial charge is 0.207 e. The molecule has 1 aliphatic rings. The van der Waals surface area contributed by atoms with E-state index < -0.39 is 10.0 Å². The van der Waals surface area contributed by atoms with Crippen LogP contribution in [0.15, 0.2) is 53.4 Å². The normalized spacial score (nSPS) is 15.2. The molecule has 0 atom stereocenters.